The van der Waals surface area contributed by atoms with Crippen molar-refractivity contribution in [2.75, 3.05) is 11.5 Å². The molecule has 0 saturated heterocycles. The molecule has 0 aliphatic rings. The summed E-state index contributed by atoms with van der Waals surface area (Å²) in [7, 11) is 0. The number of nitrogens with zero attached hydrogens (tertiary/aromatic N) is 2. The summed E-state index contributed by atoms with van der Waals surface area (Å²) in [6.07, 6.45) is 0.625. The van der Waals surface area contributed by atoms with Gasteiger partial charge >= 0.3 is 0 Å². The first-order valence-electron chi connectivity index (χ1n) is 6.08. The molecule has 2 aromatic carbocycles. The van der Waals surface area contributed by atoms with E-state index in [-0.39, 0.29) is 0 Å². The first kappa shape index (κ1) is 11.5. The van der Waals surface area contributed by atoms with Crippen LogP contribution in [-0.2, 0) is 6.42 Å². The Hall–Kier alpha value is -2.62. The lowest BCUT2D eigenvalue weighted by molar-refractivity contribution is 0.998. The Morgan fingerprint density at radius 1 is 0.895 bits per heavy atom. The van der Waals surface area contributed by atoms with Gasteiger partial charge < -0.3 is 11.5 Å². The van der Waals surface area contributed by atoms with Gasteiger partial charge in [0.15, 0.2) is 0 Å². The molecule has 0 radical (unpaired) electrons. The van der Waals surface area contributed by atoms with Gasteiger partial charge in [0.2, 0.25) is 0 Å². The Labute approximate surface area is 111 Å². The van der Waals surface area contributed by atoms with Crippen molar-refractivity contribution in [3.63, 3.8) is 0 Å². The van der Waals surface area contributed by atoms with Gasteiger partial charge in [0.25, 0.3) is 0 Å². The van der Waals surface area contributed by atoms with Crippen molar-refractivity contribution in [3.05, 3.63) is 59.9 Å². The van der Waals surface area contributed by atoms with Crippen LogP contribution in [0, 0.1) is 0 Å². The van der Waals surface area contributed by atoms with Gasteiger partial charge in [-0.15, -0.1) is 0 Å². The van der Waals surface area contributed by atoms with Crippen LogP contribution in [0.3, 0.4) is 0 Å². The molecule has 0 atom stereocenters. The van der Waals surface area contributed by atoms with E-state index in [9.17, 15) is 0 Å². The van der Waals surface area contributed by atoms with Crippen LogP contribution in [0.1, 0.15) is 11.4 Å². The lowest BCUT2D eigenvalue weighted by Gasteiger charge is -2.06. The number of hydrogen-bond donors (Lipinski definition) is 2. The van der Waals surface area contributed by atoms with Gasteiger partial charge in [-0.05, 0) is 29.8 Å². The maximum Gasteiger partial charge on any atom is 0.135 e. The second kappa shape index (κ2) is 4.57. The maximum atomic E-state index is 5.96. The molecule has 4 nitrogen and oxygen atoms in total. The fourth-order valence-corrected chi connectivity index (χ4v) is 2.12. The summed E-state index contributed by atoms with van der Waals surface area (Å²) in [5.74, 6) is 1.23. The molecule has 3 aromatic rings. The summed E-state index contributed by atoms with van der Waals surface area (Å²) in [5.41, 5.74) is 14.4. The number of anilines is 2. The van der Waals surface area contributed by atoms with Gasteiger partial charge in [0.05, 0.1) is 5.52 Å². The Balaban J connectivity index is 2.02. The monoisotopic (exact) mass is 250 g/mol. The summed E-state index contributed by atoms with van der Waals surface area (Å²) < 4.78 is 0. The summed E-state index contributed by atoms with van der Waals surface area (Å²) >= 11 is 0. The lowest BCUT2D eigenvalue weighted by atomic mass is 10.1. The molecule has 4 N–H and O–H groups in total. The maximum absolute atomic E-state index is 5.96. The van der Waals surface area contributed by atoms with Crippen LogP contribution in [0.15, 0.2) is 48.5 Å². The minimum absolute atomic E-state index is 0.518. The van der Waals surface area contributed by atoms with Crippen LogP contribution in [-0.4, -0.2) is 9.97 Å². The number of benzene rings is 2. The second-order valence-electron chi connectivity index (χ2n) is 4.46. The Morgan fingerprint density at radius 2 is 1.74 bits per heavy atom. The average molecular weight is 250 g/mol. The highest BCUT2D eigenvalue weighted by Gasteiger charge is 2.05. The minimum atomic E-state index is 0.518. The number of hydrogen-bond acceptors (Lipinski definition) is 4. The zero-order valence-corrected chi connectivity index (χ0v) is 10.4. The molecule has 0 aliphatic heterocycles. The van der Waals surface area contributed by atoms with E-state index in [0.717, 1.165) is 22.2 Å². The predicted octanol–water partition coefficient (Wildman–Crippen LogP) is 2.39. The van der Waals surface area contributed by atoms with Crippen LogP contribution >= 0.6 is 0 Å². The summed E-state index contributed by atoms with van der Waals surface area (Å²) in [6, 6.07) is 15.5. The largest absolute Gasteiger partial charge is 0.399 e. The van der Waals surface area contributed by atoms with Gasteiger partial charge in [-0.25, -0.2) is 9.97 Å². The van der Waals surface area contributed by atoms with Gasteiger partial charge in [-0.3, -0.25) is 0 Å². The van der Waals surface area contributed by atoms with Crippen molar-refractivity contribution in [3.8, 4) is 0 Å². The smallest absolute Gasteiger partial charge is 0.135 e. The zero-order valence-electron chi connectivity index (χ0n) is 10.4. The van der Waals surface area contributed by atoms with Crippen LogP contribution < -0.4 is 11.5 Å². The van der Waals surface area contributed by atoms with Gasteiger partial charge in [0, 0.05) is 17.5 Å². The molecular weight excluding hydrogens is 236 g/mol. The number of rotatable bonds is 2. The summed E-state index contributed by atoms with van der Waals surface area (Å²) in [4.78, 5) is 8.88. The van der Waals surface area contributed by atoms with Crippen LogP contribution in [0.2, 0.25) is 0 Å². The first-order valence-corrected chi connectivity index (χ1v) is 6.08. The molecule has 1 aromatic heterocycles. The van der Waals surface area contributed by atoms with E-state index in [1.807, 2.05) is 48.5 Å². The number of nitrogen functional groups attached to an aromatic ring is 2. The number of para-hydroxylation sites is 1. The molecular formula is C15H14N4. The minimum Gasteiger partial charge on any atom is -0.399 e. The molecule has 0 spiro atoms. The standard InChI is InChI=1S/C15H14N4/c16-11-5-3-4-10(8-11)9-14-18-13-7-2-1-6-12(13)15(17)19-14/h1-8H,9,16H2,(H2,17,18,19). The van der Waals surface area contributed by atoms with Crippen LogP contribution in [0.5, 0.6) is 0 Å². The Morgan fingerprint density at radius 3 is 2.58 bits per heavy atom. The van der Waals surface area contributed by atoms with E-state index in [1.54, 1.807) is 0 Å². The number of fused-ring (bicyclic) bond motifs is 1. The normalized spacial score (nSPS) is 10.7. The highest BCUT2D eigenvalue weighted by atomic mass is 14.9. The summed E-state index contributed by atoms with van der Waals surface area (Å²) in [6.45, 7) is 0. The molecule has 0 bridgehead atoms. The molecule has 0 saturated carbocycles. The van der Waals surface area contributed by atoms with Crippen molar-refractivity contribution >= 4 is 22.4 Å². The average Bonchev–Trinajstić information content (AvgIpc) is 2.39. The van der Waals surface area contributed by atoms with Crippen molar-refractivity contribution < 1.29 is 0 Å². The van der Waals surface area contributed by atoms with Crippen molar-refractivity contribution in [1.29, 1.82) is 0 Å². The van der Waals surface area contributed by atoms with E-state index in [0.29, 0.717) is 18.1 Å². The Bertz CT molecular complexity index is 737. The highest BCUT2D eigenvalue weighted by molar-refractivity contribution is 5.87. The van der Waals surface area contributed by atoms with Gasteiger partial charge in [-0.1, -0.05) is 24.3 Å². The van der Waals surface area contributed by atoms with Crippen LogP contribution in [0.25, 0.3) is 10.9 Å². The van der Waals surface area contributed by atoms with E-state index in [2.05, 4.69) is 9.97 Å². The van der Waals surface area contributed by atoms with Crippen molar-refractivity contribution in [2.24, 2.45) is 0 Å². The SMILES string of the molecule is Nc1cccc(Cc2nc(N)c3ccccc3n2)c1. The quantitative estimate of drug-likeness (QED) is 0.684. The molecule has 0 unspecified atom stereocenters. The molecule has 1 heterocycles. The van der Waals surface area contributed by atoms with Crippen molar-refractivity contribution in [1.82, 2.24) is 9.97 Å². The van der Waals surface area contributed by atoms with E-state index in [4.69, 9.17) is 11.5 Å². The van der Waals surface area contributed by atoms with E-state index >= 15 is 0 Å². The fraction of sp³-hybridized carbons (Fsp3) is 0.0667. The third kappa shape index (κ3) is 2.33. The molecule has 0 aliphatic carbocycles. The van der Waals surface area contributed by atoms with E-state index in [1.165, 1.54) is 0 Å². The van der Waals surface area contributed by atoms with Gasteiger partial charge in [-0.2, -0.15) is 0 Å². The molecule has 3 rings (SSSR count). The molecule has 0 fully saturated rings. The molecule has 94 valence electrons. The number of nitrogens with two attached hydrogens (primary N) is 2. The third-order valence-electron chi connectivity index (χ3n) is 2.99. The lowest BCUT2D eigenvalue weighted by Crippen LogP contribution is -2.02. The fourth-order valence-electron chi connectivity index (χ4n) is 2.12. The third-order valence-corrected chi connectivity index (χ3v) is 2.99. The molecule has 0 amide bonds. The topological polar surface area (TPSA) is 77.8 Å². The molecule has 4 heteroatoms. The molecule has 19 heavy (non-hydrogen) atoms. The van der Waals surface area contributed by atoms with Crippen LogP contribution in [0.4, 0.5) is 11.5 Å². The first-order chi connectivity index (χ1) is 9.22. The van der Waals surface area contributed by atoms with Gasteiger partial charge in [0.1, 0.15) is 11.6 Å². The summed E-state index contributed by atoms with van der Waals surface area (Å²) in [5, 5.41) is 0.888. The van der Waals surface area contributed by atoms with Crippen molar-refractivity contribution in [2.45, 2.75) is 6.42 Å². The zero-order chi connectivity index (χ0) is 13.2. The number of aromatic nitrogens is 2. The Kier molecular flexibility index (Phi) is 2.76. The second-order valence-corrected chi connectivity index (χ2v) is 4.46. The van der Waals surface area contributed by atoms with E-state index < -0.39 is 0 Å². The highest BCUT2D eigenvalue weighted by Crippen LogP contribution is 2.18. The predicted molar refractivity (Wildman–Crippen MR) is 77.6 cm³/mol.